The largest absolute Gasteiger partial charge is 0.383 e. The number of nitrogens with zero attached hydrogens (tertiary/aromatic N) is 3. The number of ether oxygens (including phenoxy) is 1. The summed E-state index contributed by atoms with van der Waals surface area (Å²) in [5.41, 5.74) is 1.47. The molecule has 1 N–H and O–H groups in total. The summed E-state index contributed by atoms with van der Waals surface area (Å²) in [6, 6.07) is 3.68. The van der Waals surface area contributed by atoms with Crippen LogP contribution in [0.5, 0.6) is 0 Å². The van der Waals surface area contributed by atoms with Gasteiger partial charge in [-0.1, -0.05) is 36.1 Å². The standard InChI is InChI=1S/C19H20N4O3S2/c1-4-7-20-15-13(17(24)22-8-5-6-12(2)16(22)21-15)11-14-18(25)23(9-10-26-3)19(27)28-14/h4-6,8,11,20H,1,7,9-10H2,2-3H3/b14-11+. The van der Waals surface area contributed by atoms with Crippen LogP contribution in [0, 0.1) is 6.92 Å². The molecule has 2 aromatic heterocycles. The molecule has 1 saturated heterocycles. The lowest BCUT2D eigenvalue weighted by atomic mass is 10.2. The van der Waals surface area contributed by atoms with Crippen LogP contribution in [0.25, 0.3) is 11.7 Å². The maximum atomic E-state index is 13.1. The van der Waals surface area contributed by atoms with E-state index in [9.17, 15) is 9.59 Å². The van der Waals surface area contributed by atoms with E-state index >= 15 is 0 Å². The first kappa shape index (κ1) is 20.2. The predicted molar refractivity (Wildman–Crippen MR) is 117 cm³/mol. The predicted octanol–water partition coefficient (Wildman–Crippen LogP) is 2.45. The second kappa shape index (κ2) is 8.68. The molecule has 146 valence electrons. The van der Waals surface area contributed by atoms with Crippen molar-refractivity contribution in [1.82, 2.24) is 14.3 Å². The number of nitrogens with one attached hydrogen (secondary N) is 1. The fourth-order valence-electron chi connectivity index (χ4n) is 2.75. The highest BCUT2D eigenvalue weighted by Gasteiger charge is 2.32. The molecular formula is C19H20N4O3S2. The van der Waals surface area contributed by atoms with E-state index in [-0.39, 0.29) is 11.5 Å². The summed E-state index contributed by atoms with van der Waals surface area (Å²) in [6.45, 7) is 6.76. The van der Waals surface area contributed by atoms with Gasteiger partial charge in [0.2, 0.25) is 0 Å². The number of pyridine rings is 1. The molecule has 0 aliphatic carbocycles. The van der Waals surface area contributed by atoms with Crippen molar-refractivity contribution < 1.29 is 9.53 Å². The lowest BCUT2D eigenvalue weighted by Crippen LogP contribution is -2.31. The molecule has 1 aliphatic rings. The normalized spacial score (nSPS) is 15.6. The summed E-state index contributed by atoms with van der Waals surface area (Å²) in [6.07, 6.45) is 4.90. The van der Waals surface area contributed by atoms with Crippen LogP contribution in [0.2, 0.25) is 0 Å². The number of thioether (sulfide) groups is 1. The van der Waals surface area contributed by atoms with Crippen LogP contribution in [0.3, 0.4) is 0 Å². The molecule has 0 saturated carbocycles. The first-order valence-corrected chi connectivity index (χ1v) is 9.81. The molecular weight excluding hydrogens is 396 g/mol. The van der Waals surface area contributed by atoms with Gasteiger partial charge in [0.25, 0.3) is 11.5 Å². The number of thiocarbonyl (C=S) groups is 1. The minimum Gasteiger partial charge on any atom is -0.383 e. The van der Waals surface area contributed by atoms with E-state index in [1.807, 2.05) is 13.0 Å². The molecule has 28 heavy (non-hydrogen) atoms. The van der Waals surface area contributed by atoms with Gasteiger partial charge in [-0.2, -0.15) is 0 Å². The maximum Gasteiger partial charge on any atom is 0.267 e. The number of anilines is 1. The number of carbonyl (C=O) groups excluding carboxylic acids is 1. The number of rotatable bonds is 7. The Morgan fingerprint density at radius 2 is 2.21 bits per heavy atom. The molecule has 9 heteroatoms. The molecule has 0 atom stereocenters. The maximum absolute atomic E-state index is 13.1. The van der Waals surface area contributed by atoms with Crippen LogP contribution in [0.15, 0.2) is 40.7 Å². The smallest absolute Gasteiger partial charge is 0.267 e. The van der Waals surface area contributed by atoms with Gasteiger partial charge in [-0.3, -0.25) is 18.9 Å². The van der Waals surface area contributed by atoms with Gasteiger partial charge in [0.05, 0.1) is 23.6 Å². The zero-order valence-corrected chi connectivity index (χ0v) is 17.2. The van der Waals surface area contributed by atoms with Crippen LogP contribution in [-0.4, -0.2) is 51.3 Å². The zero-order valence-electron chi connectivity index (χ0n) is 15.6. The molecule has 0 radical (unpaired) electrons. The number of hydrogen-bond acceptors (Lipinski definition) is 7. The number of hydrogen-bond donors (Lipinski definition) is 1. The van der Waals surface area contributed by atoms with Crippen LogP contribution >= 0.6 is 24.0 Å². The number of amides is 1. The van der Waals surface area contributed by atoms with E-state index in [4.69, 9.17) is 17.0 Å². The van der Waals surface area contributed by atoms with Crippen LogP contribution in [0.1, 0.15) is 11.1 Å². The van der Waals surface area contributed by atoms with E-state index in [0.717, 1.165) is 5.56 Å². The lowest BCUT2D eigenvalue weighted by Gasteiger charge is -2.13. The first-order chi connectivity index (χ1) is 13.5. The topological polar surface area (TPSA) is 75.9 Å². The quantitative estimate of drug-likeness (QED) is 0.422. The van der Waals surface area contributed by atoms with Gasteiger partial charge in [-0.15, -0.1) is 6.58 Å². The number of aromatic nitrogens is 2. The van der Waals surface area contributed by atoms with Gasteiger partial charge >= 0.3 is 0 Å². The lowest BCUT2D eigenvalue weighted by molar-refractivity contribution is -0.122. The molecule has 1 amide bonds. The Morgan fingerprint density at radius 1 is 1.43 bits per heavy atom. The van der Waals surface area contributed by atoms with Crippen LogP contribution in [0.4, 0.5) is 5.82 Å². The Bertz CT molecular complexity index is 1050. The number of fused-ring (bicyclic) bond motifs is 1. The van der Waals surface area contributed by atoms with Crippen LogP contribution in [-0.2, 0) is 9.53 Å². The van der Waals surface area contributed by atoms with Crippen molar-refractivity contribution in [3.8, 4) is 0 Å². The molecule has 0 aromatic carbocycles. The SMILES string of the molecule is C=CCNc1nc2c(C)cccn2c(=O)c1/C=C1/SC(=S)N(CCOC)C1=O. The summed E-state index contributed by atoms with van der Waals surface area (Å²) in [5, 5.41) is 3.09. The first-order valence-electron chi connectivity index (χ1n) is 8.59. The van der Waals surface area contributed by atoms with Crippen molar-refractivity contribution in [1.29, 1.82) is 0 Å². The molecule has 0 unspecified atom stereocenters. The van der Waals surface area contributed by atoms with E-state index in [2.05, 4.69) is 16.9 Å². The number of aryl methyl sites for hydroxylation is 1. The summed E-state index contributed by atoms with van der Waals surface area (Å²) >= 11 is 6.46. The van der Waals surface area contributed by atoms with Gasteiger partial charge in [-0.05, 0) is 24.6 Å². The Hall–Kier alpha value is -2.49. The Morgan fingerprint density at radius 3 is 2.93 bits per heavy atom. The van der Waals surface area contributed by atoms with Crippen molar-refractivity contribution >= 4 is 51.7 Å². The zero-order chi connectivity index (χ0) is 20.3. The van der Waals surface area contributed by atoms with Gasteiger partial charge in [0, 0.05) is 19.9 Å². The molecule has 2 aromatic rings. The molecule has 0 spiro atoms. The van der Waals surface area contributed by atoms with Gasteiger partial charge < -0.3 is 10.1 Å². The molecule has 0 bridgehead atoms. The minimum absolute atomic E-state index is 0.240. The average molecular weight is 417 g/mol. The van der Waals surface area contributed by atoms with Gasteiger partial charge in [-0.25, -0.2) is 4.98 Å². The summed E-state index contributed by atoms with van der Waals surface area (Å²) in [4.78, 5) is 32.3. The fraction of sp³-hybridized carbons (Fsp3) is 0.263. The fourth-order valence-corrected chi connectivity index (χ4v) is 4.04. The monoisotopic (exact) mass is 416 g/mol. The Balaban J connectivity index is 2.11. The van der Waals surface area contributed by atoms with Crippen molar-refractivity contribution in [3.05, 3.63) is 57.4 Å². The third-order valence-electron chi connectivity index (χ3n) is 4.17. The molecule has 1 aliphatic heterocycles. The Labute approximate surface area is 172 Å². The average Bonchev–Trinajstić information content (AvgIpc) is 2.94. The molecule has 1 fully saturated rings. The van der Waals surface area contributed by atoms with Crippen LogP contribution < -0.4 is 10.9 Å². The molecule has 3 rings (SSSR count). The van der Waals surface area contributed by atoms with E-state index in [1.54, 1.807) is 31.5 Å². The van der Waals surface area contributed by atoms with E-state index < -0.39 is 0 Å². The third-order valence-corrected chi connectivity index (χ3v) is 5.54. The van der Waals surface area contributed by atoms with E-state index in [0.29, 0.717) is 46.0 Å². The summed E-state index contributed by atoms with van der Waals surface area (Å²) < 4.78 is 6.95. The molecule has 7 nitrogen and oxygen atoms in total. The number of carbonyl (C=O) groups is 1. The van der Waals surface area contributed by atoms with Crippen molar-refractivity contribution in [2.75, 3.05) is 32.1 Å². The van der Waals surface area contributed by atoms with Gasteiger partial charge in [0.1, 0.15) is 15.8 Å². The highest BCUT2D eigenvalue weighted by atomic mass is 32.2. The summed E-state index contributed by atoms with van der Waals surface area (Å²) in [7, 11) is 1.56. The molecule has 3 heterocycles. The minimum atomic E-state index is -0.262. The highest BCUT2D eigenvalue weighted by Crippen LogP contribution is 2.32. The summed E-state index contributed by atoms with van der Waals surface area (Å²) in [5.74, 6) is 0.164. The third kappa shape index (κ3) is 3.87. The second-order valence-corrected chi connectivity index (χ2v) is 7.74. The number of methoxy groups -OCH3 is 1. The van der Waals surface area contributed by atoms with E-state index in [1.165, 1.54) is 21.1 Å². The second-order valence-electron chi connectivity index (χ2n) is 6.06. The van der Waals surface area contributed by atoms with Crippen molar-refractivity contribution in [2.24, 2.45) is 0 Å². The van der Waals surface area contributed by atoms with Gasteiger partial charge in [0.15, 0.2) is 0 Å². The Kier molecular flexibility index (Phi) is 6.28. The van der Waals surface area contributed by atoms with Crippen molar-refractivity contribution in [3.63, 3.8) is 0 Å². The highest BCUT2D eigenvalue weighted by molar-refractivity contribution is 8.26. The van der Waals surface area contributed by atoms with Crippen molar-refractivity contribution in [2.45, 2.75) is 6.92 Å².